The molecule has 5 saturated heterocycles. The van der Waals surface area contributed by atoms with Crippen LogP contribution in [0, 0.1) is 27.7 Å². The molecule has 42 nitrogen and oxygen atoms in total. The van der Waals surface area contributed by atoms with Crippen molar-refractivity contribution < 1.29 is 161 Å². The lowest BCUT2D eigenvalue weighted by molar-refractivity contribution is -0.0233. The van der Waals surface area contributed by atoms with Gasteiger partial charge in [0.2, 0.25) is 22.2 Å². The maximum absolute atomic E-state index is 12.2. The highest BCUT2D eigenvalue weighted by molar-refractivity contribution is 8.05. The first-order valence-electron chi connectivity index (χ1n) is 26.6. The van der Waals surface area contributed by atoms with Crippen LogP contribution in [0.1, 0.15) is 69.4 Å². The molecule has 5 fully saturated rings. The Morgan fingerprint density at radius 1 is 0.442 bits per heavy atom. The van der Waals surface area contributed by atoms with Gasteiger partial charge >= 0.3 is 53.0 Å². The molecule has 0 aliphatic carbocycles. The number of halogens is 2. The minimum atomic E-state index is -5.68. The predicted octanol–water partition coefficient (Wildman–Crippen LogP) is -0.293. The molecule has 20 atom stereocenters. The normalized spacial score (nSPS) is 34.4. The number of ether oxygens (including phenoxy) is 4. The third kappa shape index (κ3) is 22.5. The quantitative estimate of drug-likeness (QED) is 0.0569. The monoisotopic (exact) mass is 1540 g/mol. The van der Waals surface area contributed by atoms with Gasteiger partial charge in [0, 0.05) is 69.3 Å². The molecule has 0 aromatic carbocycles. The van der Waals surface area contributed by atoms with Gasteiger partial charge in [0.1, 0.15) is 97.7 Å². The molecule has 5 aliphatic rings. The Balaban J connectivity index is 0.000000204. The van der Waals surface area contributed by atoms with E-state index in [4.69, 9.17) is 70.3 Å². The van der Waals surface area contributed by atoms with Gasteiger partial charge in [0.25, 0.3) is 0 Å². The number of aromatic amines is 4. The second kappa shape index (κ2) is 32.3. The molecule has 536 valence electrons. The van der Waals surface area contributed by atoms with Gasteiger partial charge in [-0.25, -0.2) is 27.4 Å². The lowest BCUT2D eigenvalue weighted by Gasteiger charge is -2.27. The molecule has 9 rings (SSSR count). The molecule has 4 aromatic heterocycles. The fourth-order valence-corrected chi connectivity index (χ4v) is 18.1. The highest BCUT2D eigenvalue weighted by Crippen LogP contribution is 2.80. The van der Waals surface area contributed by atoms with E-state index in [1.165, 1.54) is 43.3 Å². The topological polar surface area (TPSA) is 665 Å². The van der Waals surface area contributed by atoms with Gasteiger partial charge in [-0.15, -0.1) is 0 Å². The van der Waals surface area contributed by atoms with E-state index in [0.717, 1.165) is 6.07 Å². The van der Waals surface area contributed by atoms with Crippen molar-refractivity contribution in [3.63, 3.8) is 0 Å². The van der Waals surface area contributed by atoms with Gasteiger partial charge in [0.05, 0.1) is 26.4 Å². The van der Waals surface area contributed by atoms with Crippen LogP contribution in [0.3, 0.4) is 0 Å². The van der Waals surface area contributed by atoms with Crippen LogP contribution in [0.2, 0.25) is 0 Å². The lowest BCUT2D eigenvalue weighted by Crippen LogP contribution is -2.33. The smallest absolute Gasteiger partial charge is 0.394 e. The van der Waals surface area contributed by atoms with Crippen molar-refractivity contribution in [2.75, 3.05) is 26.4 Å². The number of aromatic nitrogens is 4. The standard InChI is InChI=1S/C11H14Cl2NO6P.C11H18NO14P3.C11H16NO13P3.C11H15NO5/c1-5-6(2-3-8(15)14-5)11-10(17)9(16)7(20-11)4-19-21(12,13)18;1-5-6(2-3-8(13)12-5)11-10(15)9(14)7(24-11)4-23-28(19,20)26-29(21,22)25-27(16,17)18;1-5-6(2-3-8(13)12-5)11-10(15)9(14)7(22-11)4-21-28(20)24-26(16,17)23-27(18,19)25-28;1-5-6(2-3-8(14)12-5)11-10(16)9(15)7(4-13)17-11/h2-3,7,9-11,16-17H,4H2,1H3,(H,14,15);2-3,7,9-11,14-15H,4H2,1H3,(H,12,13)(H,19,20)(H,21,22)(H2,16,17,18);2-3,7,9-11,14-15H,4H2,1H3,(H,12,13)(H,16,17)(H,18,19);2-3,7,9-11,13,15-16H,4H2,1H3,(H,12,14)/t4*7-,9?,10+,11+/m1111/s1. The summed E-state index contributed by atoms with van der Waals surface area (Å²) in [6.45, 7) is 3.95. The SMILES string of the molecule is Cc1[nH]c(=O)ccc1[C@@H]1O[C@H](CO)C(O)[C@@H]1O.Cc1[nH]c(=O)ccc1[C@@H]1O[C@H](COP(=O)(Cl)Cl)C(O)[C@@H]1O.Cc1[nH]c(=O)ccc1[C@@H]1O[C@H](COP(=O)(O)OP(=O)(O)OP(=O)(O)O)C(O)[C@@H]1O.Cc1[nH]c(=O)ccc1[C@@H]1O[C@H](COP2(=O)OP(=O)(O)OP(=O)(O)O2)C(O)[C@@H]1O. The third-order valence-electron chi connectivity index (χ3n) is 13.7. The van der Waals surface area contributed by atoms with Crippen LogP contribution in [-0.2, 0) is 86.0 Å². The highest BCUT2D eigenvalue weighted by atomic mass is 35.9. The number of hydrogen-bond acceptors (Lipinski definition) is 32. The Labute approximate surface area is 541 Å². The summed E-state index contributed by atoms with van der Waals surface area (Å²) < 4.78 is 134. The number of nitrogens with one attached hydrogen (secondary N) is 4. The van der Waals surface area contributed by atoms with Crippen LogP contribution in [0.5, 0.6) is 0 Å². The number of pyridine rings is 4. The van der Waals surface area contributed by atoms with Gasteiger partial charge in [-0.2, -0.15) is 21.6 Å². The summed E-state index contributed by atoms with van der Waals surface area (Å²) in [5.41, 5.74) is 2.29. The zero-order valence-corrected chi connectivity index (χ0v) is 56.4. The van der Waals surface area contributed by atoms with Gasteiger partial charge < -0.3 is 119 Å². The predicted molar refractivity (Wildman–Crippen MR) is 314 cm³/mol. The molecular weight excluding hydrogens is 1480 g/mol. The molecule has 0 radical (unpaired) electrons. The molecule has 19 N–H and O–H groups in total. The number of phosphoric ester groups is 1. The average molecular weight is 1540 g/mol. The number of aliphatic hydroxyl groups is 9. The van der Waals surface area contributed by atoms with Gasteiger partial charge in [-0.05, 0) is 74.4 Å². The molecule has 51 heteroatoms. The maximum atomic E-state index is 12.2. The zero-order chi connectivity index (χ0) is 71.5. The minimum Gasteiger partial charge on any atom is -0.394 e. The fraction of sp³-hybridized carbons (Fsp3) is 0.545. The first kappa shape index (κ1) is 80.9. The van der Waals surface area contributed by atoms with E-state index >= 15 is 0 Å². The Bertz CT molecular complexity index is 3930. The van der Waals surface area contributed by atoms with E-state index in [1.54, 1.807) is 26.8 Å². The van der Waals surface area contributed by atoms with E-state index < -0.39 is 169 Å². The van der Waals surface area contributed by atoms with Crippen LogP contribution in [0.4, 0.5) is 0 Å². The van der Waals surface area contributed by atoms with Crippen LogP contribution in [0.15, 0.2) is 67.7 Å². The summed E-state index contributed by atoms with van der Waals surface area (Å²) in [6.07, 6.45) is -23.0. The summed E-state index contributed by atoms with van der Waals surface area (Å²) in [5.74, 6) is 0. The van der Waals surface area contributed by atoms with Gasteiger partial charge in [0.15, 0.2) is 0 Å². The Morgan fingerprint density at radius 3 is 1.02 bits per heavy atom. The summed E-state index contributed by atoms with van der Waals surface area (Å²) >= 11 is 10.5. The summed E-state index contributed by atoms with van der Waals surface area (Å²) in [4.78, 5) is 109. The molecule has 8 unspecified atom stereocenters. The van der Waals surface area contributed by atoms with Crippen molar-refractivity contribution in [2.45, 2.75) is 125 Å². The molecule has 0 amide bonds. The first-order valence-corrected chi connectivity index (χ1v) is 39.0. The minimum absolute atomic E-state index is 0.238. The number of phosphoric acid groups is 6. The summed E-state index contributed by atoms with van der Waals surface area (Å²) in [6, 6.07) is 10.8. The van der Waals surface area contributed by atoms with E-state index in [9.17, 15) is 107 Å². The average Bonchev–Trinajstić information content (AvgIpc) is 1.41. The van der Waals surface area contributed by atoms with Crippen molar-refractivity contribution in [1.82, 2.24) is 19.9 Å². The van der Waals surface area contributed by atoms with Crippen molar-refractivity contribution in [3.8, 4) is 0 Å². The number of aliphatic hydroxyl groups excluding tert-OH is 9. The molecular formula is C44H63Cl2N4O38P7. The highest BCUT2D eigenvalue weighted by Gasteiger charge is 2.56. The molecule has 0 saturated carbocycles. The molecule has 4 aromatic rings. The number of H-pyrrole nitrogens is 4. The second-order valence-corrected chi connectivity index (χ2v) is 34.3. The molecule has 5 aliphatic heterocycles. The molecule has 9 heterocycles. The van der Waals surface area contributed by atoms with E-state index in [0.29, 0.717) is 45.0 Å². The Hall–Kier alpha value is -3.09. The first-order chi connectivity index (χ1) is 43.6. The van der Waals surface area contributed by atoms with Crippen LogP contribution in [0.25, 0.3) is 0 Å². The van der Waals surface area contributed by atoms with Crippen molar-refractivity contribution in [2.24, 2.45) is 0 Å². The Morgan fingerprint density at radius 2 is 0.737 bits per heavy atom. The number of hydrogen-bond donors (Lipinski definition) is 19. The summed E-state index contributed by atoms with van der Waals surface area (Å²) in [7, 11) is -32.1. The van der Waals surface area contributed by atoms with Crippen LogP contribution in [-0.4, -0.2) is 195 Å². The van der Waals surface area contributed by atoms with E-state index in [1.807, 2.05) is 0 Å². The molecule has 0 spiro atoms. The number of aryl methyl sites for hydroxylation is 4. The van der Waals surface area contributed by atoms with E-state index in [2.05, 4.69) is 46.0 Å². The van der Waals surface area contributed by atoms with E-state index in [-0.39, 0.29) is 29.9 Å². The van der Waals surface area contributed by atoms with Gasteiger partial charge in [-0.1, -0.05) is 0 Å². The molecule has 95 heavy (non-hydrogen) atoms. The van der Waals surface area contributed by atoms with Crippen molar-refractivity contribution >= 4 is 75.5 Å². The largest absolute Gasteiger partial charge is 0.492 e. The van der Waals surface area contributed by atoms with Gasteiger partial charge in [-0.3, -0.25) is 32.8 Å². The lowest BCUT2D eigenvalue weighted by atomic mass is 10.0. The third-order valence-corrected chi connectivity index (χ3v) is 23.9. The van der Waals surface area contributed by atoms with Crippen molar-refractivity contribution in [1.29, 1.82) is 0 Å². The Kier molecular flexibility index (Phi) is 27.5. The zero-order valence-electron chi connectivity index (χ0n) is 48.7. The van der Waals surface area contributed by atoms with Crippen LogP contribution >= 0.6 is 75.5 Å². The molecule has 0 bridgehead atoms. The summed E-state index contributed by atoms with van der Waals surface area (Å²) in [5, 5.41) is 88.9. The maximum Gasteiger partial charge on any atom is 0.492 e. The second-order valence-electron chi connectivity index (χ2n) is 20.6. The fourth-order valence-electron chi connectivity index (χ4n) is 9.45. The van der Waals surface area contributed by atoms with Crippen LogP contribution < -0.4 is 22.2 Å². The van der Waals surface area contributed by atoms with Crippen molar-refractivity contribution in [3.05, 3.63) is 135 Å². The number of rotatable bonds is 18.